The maximum Gasteiger partial charge on any atom is 1.00 e. The van der Waals surface area contributed by atoms with Gasteiger partial charge in [-0.1, -0.05) is 0 Å². The Labute approximate surface area is 327 Å². The summed E-state index contributed by atoms with van der Waals surface area (Å²) in [5, 5.41) is 52.5. The van der Waals surface area contributed by atoms with Gasteiger partial charge in [0.15, 0.2) is 0 Å². The first-order valence-corrected chi connectivity index (χ1v) is 7.37. The Morgan fingerprint density at radius 2 is 1.33 bits per heavy atom. The van der Waals surface area contributed by atoms with E-state index >= 15 is 0 Å². The molecule has 1 unspecified atom stereocenters. The molecule has 0 saturated heterocycles. The van der Waals surface area contributed by atoms with Gasteiger partial charge in [-0.15, -0.1) is 0 Å². The summed E-state index contributed by atoms with van der Waals surface area (Å²) in [6.45, 7) is -2.01. The predicted octanol–water partition coefficient (Wildman–Crippen LogP) is -17.1. The number of rotatable bonds is 7. The maximum absolute atomic E-state index is 11.1. The number of nitrogens with zero attached hydrogens (tertiary/aromatic N) is 2. The van der Waals surface area contributed by atoms with Gasteiger partial charge >= 0.3 is 206 Å². The van der Waals surface area contributed by atoms with Crippen LogP contribution in [0.15, 0.2) is 0 Å². The third-order valence-corrected chi connectivity index (χ3v) is 4.74. The molecule has 0 N–H and O–H groups in total. The van der Waals surface area contributed by atoms with Crippen LogP contribution in [0.5, 0.6) is 0 Å². The van der Waals surface area contributed by atoms with Crippen LogP contribution < -0.4 is 231 Å². The van der Waals surface area contributed by atoms with E-state index in [1.54, 1.807) is 0 Å². The summed E-state index contributed by atoms with van der Waals surface area (Å²) in [6, 6.07) is 1.44. The van der Waals surface area contributed by atoms with Gasteiger partial charge in [-0.2, -0.15) is 5.26 Å². The molecule has 1 heterocycles. The van der Waals surface area contributed by atoms with Crippen molar-refractivity contribution in [2.75, 3.05) is 18.0 Å². The average Bonchev–Trinajstić information content (AvgIpc) is 2.69. The number of carboxylic acids is 4. The molecule has 10 nitrogen and oxygen atoms in total. The number of aromatic carboxylic acids is 2. The van der Waals surface area contributed by atoms with Crippen molar-refractivity contribution in [1.82, 2.24) is 0 Å². The van der Waals surface area contributed by atoms with E-state index in [2.05, 4.69) is 0 Å². The Balaban J connectivity index is -0.000000661. The third-order valence-electron chi connectivity index (χ3n) is 2.72. The van der Waals surface area contributed by atoms with Crippen LogP contribution in [0.2, 0.25) is 0 Å². The van der Waals surface area contributed by atoms with Crippen LogP contribution in [0.25, 0.3) is 0 Å². The normalized spacial score (nSPS) is 9.11. The zero-order valence-electron chi connectivity index (χ0n) is 15.5. The van der Waals surface area contributed by atoms with Crippen molar-refractivity contribution in [3.63, 3.8) is 0 Å². The molecule has 0 bridgehead atoms. The molecule has 0 aliphatic carbocycles. The molecule has 1 aromatic heterocycles. The molecular formula is C12H7K4N2O8S+. The quantitative estimate of drug-likeness (QED) is 0.259. The Morgan fingerprint density at radius 3 is 1.59 bits per heavy atom. The molecule has 0 radical (unpaired) electrons. The fraction of sp³-hybridized carbons (Fsp3) is 0.250. The molecule has 1 rings (SSSR count). The van der Waals surface area contributed by atoms with Crippen molar-refractivity contribution in [3.8, 4) is 6.07 Å². The van der Waals surface area contributed by atoms with E-state index in [4.69, 9.17) is 5.26 Å². The van der Waals surface area contributed by atoms with Crippen molar-refractivity contribution in [2.24, 2.45) is 6.26 Å². The van der Waals surface area contributed by atoms with Gasteiger partial charge in [0.1, 0.15) is 23.9 Å². The maximum atomic E-state index is 11.1. The van der Waals surface area contributed by atoms with Gasteiger partial charge in [0.05, 0.1) is 36.6 Å². The van der Waals surface area contributed by atoms with Crippen molar-refractivity contribution in [3.05, 3.63) is 16.0 Å². The monoisotopic (exact) mass is 495 g/mol. The van der Waals surface area contributed by atoms with Crippen molar-refractivity contribution in [2.45, 2.75) is 0 Å². The van der Waals surface area contributed by atoms with Crippen LogP contribution in [0, 0.1) is 11.3 Å². The molecule has 27 heavy (non-hydrogen) atoms. The third kappa shape index (κ3) is 10.7. The second-order valence-corrected chi connectivity index (χ2v) is 6.00. The van der Waals surface area contributed by atoms with Crippen LogP contribution in [-0.4, -0.2) is 37.0 Å². The Morgan fingerprint density at radius 1 is 0.926 bits per heavy atom. The van der Waals surface area contributed by atoms with Crippen molar-refractivity contribution in [1.29, 1.82) is 5.26 Å². The van der Waals surface area contributed by atoms with Gasteiger partial charge in [0.25, 0.3) is 5.00 Å². The van der Waals surface area contributed by atoms with E-state index in [1.807, 2.05) is 0 Å². The molecule has 0 saturated carbocycles. The van der Waals surface area contributed by atoms with Gasteiger partial charge < -0.3 is 44.5 Å². The number of thiophene rings is 1. The zero-order chi connectivity index (χ0) is 17.9. The number of hydrogen-bond donors (Lipinski definition) is 0. The van der Waals surface area contributed by atoms with E-state index in [9.17, 15) is 39.6 Å². The average molecular weight is 496 g/mol. The Hall–Kier alpha value is 3.42. The van der Waals surface area contributed by atoms with Gasteiger partial charge in [0.2, 0.25) is 4.88 Å². The molecule has 15 heteroatoms. The number of nitriles is 1. The molecule has 0 aliphatic heterocycles. The number of hydrogen-bond acceptors (Lipinski definition) is 10. The standard InChI is InChI=1S/C12H10N2O8S.4K/c1-23-9(12(21)22)8(11(19)20)5(2-13)10(23)14(3-6(15)16)4-7(17)18;;;;/h3-4H2,1H3,(H3-,15,16,17,18,19,20,21,22);;;;/q;4*+1/p-3. The number of carboxylic acid groups (broad SMARTS) is 4. The smallest absolute Gasteiger partial charge is 0.548 e. The summed E-state index contributed by atoms with van der Waals surface area (Å²) in [4.78, 5) is 43.6. The zero-order valence-corrected chi connectivity index (χ0v) is 28.8. The minimum Gasteiger partial charge on any atom is -0.548 e. The van der Waals surface area contributed by atoms with Crippen LogP contribution >= 0.6 is 10.5 Å². The van der Waals surface area contributed by atoms with E-state index in [-0.39, 0.29) is 211 Å². The fourth-order valence-corrected chi connectivity index (χ4v) is 3.92. The van der Waals surface area contributed by atoms with E-state index in [0.717, 1.165) is 0 Å². The van der Waals surface area contributed by atoms with E-state index < -0.39 is 63.4 Å². The summed E-state index contributed by atoms with van der Waals surface area (Å²) in [6.07, 6.45) is 1.19. The molecule has 0 amide bonds. The van der Waals surface area contributed by atoms with Gasteiger partial charge in [-0.05, 0) is 0 Å². The number of aliphatic carboxylic acids is 2. The van der Waals surface area contributed by atoms with Crippen molar-refractivity contribution >= 4 is 39.3 Å². The van der Waals surface area contributed by atoms with Crippen LogP contribution in [0.1, 0.15) is 25.6 Å². The Bertz CT molecular complexity index is 746. The Kier molecular flexibility index (Phi) is 25.0. The molecule has 1 aromatic rings. The minimum atomic E-state index is -1.98. The summed E-state index contributed by atoms with van der Waals surface area (Å²) < 4.78 is 0. The first kappa shape index (κ1) is 37.7. The minimum absolute atomic E-state index is 0. The van der Waals surface area contributed by atoms with Gasteiger partial charge in [-0.3, -0.25) is 0 Å². The first-order valence-electron chi connectivity index (χ1n) is 5.74. The van der Waals surface area contributed by atoms with Crippen LogP contribution in [0.4, 0.5) is 5.00 Å². The molecule has 0 fully saturated rings. The van der Waals surface area contributed by atoms with Crippen LogP contribution in [-0.2, 0) is 15.8 Å². The van der Waals surface area contributed by atoms with E-state index in [1.165, 1.54) is 12.3 Å². The van der Waals surface area contributed by atoms with Gasteiger partial charge in [-0.25, -0.2) is 0 Å². The largest absolute Gasteiger partial charge is 1.00 e. The van der Waals surface area contributed by atoms with Crippen molar-refractivity contribution < 1.29 is 245 Å². The predicted molar refractivity (Wildman–Crippen MR) is 65.5 cm³/mol. The summed E-state index contributed by atoms with van der Waals surface area (Å²) in [5.41, 5.74) is -1.66. The molecule has 0 spiro atoms. The molecule has 0 aliphatic rings. The summed E-state index contributed by atoms with van der Waals surface area (Å²) in [7, 11) is -1.62. The first-order chi connectivity index (χ1) is 10.6. The van der Waals surface area contributed by atoms with Gasteiger partial charge in [0, 0.05) is 10.5 Å². The molecule has 1 atom stereocenters. The van der Waals surface area contributed by atoms with E-state index in [0.29, 0.717) is 4.90 Å². The SMILES string of the molecule is C[s+]1c(C(=O)[O-])c(C(=O)[O-])c(C#N)c1N(CC(=O)[O-])CC(=O)[O-].[K+].[K+].[K+].[K+]. The summed E-state index contributed by atoms with van der Waals surface area (Å²) >= 11 is 0. The summed E-state index contributed by atoms with van der Waals surface area (Å²) in [5.74, 6) is -7.30. The number of anilines is 1. The molecule has 0 aromatic carbocycles. The fourth-order valence-electron chi connectivity index (χ4n) is 2.01. The number of carbonyl (C=O) groups excluding carboxylic acids is 4. The second kappa shape index (κ2) is 17.9. The topological polar surface area (TPSA) is 188 Å². The molecular weight excluding hydrogens is 489 g/mol. The molecule has 122 valence electrons. The second-order valence-electron chi connectivity index (χ2n) is 4.18. The van der Waals surface area contributed by atoms with Crippen LogP contribution in [0.3, 0.4) is 0 Å². The number of carbonyl (C=O) groups is 4.